The van der Waals surface area contributed by atoms with Gasteiger partial charge in [-0.25, -0.2) is 48.3 Å². The smallest absolute Gasteiger partial charge is 0.246 e. The summed E-state index contributed by atoms with van der Waals surface area (Å²) in [6, 6.07) is 88.1. The number of aromatic nitrogens is 20. The summed E-state index contributed by atoms with van der Waals surface area (Å²) in [5.41, 5.74) is 11.4. The van der Waals surface area contributed by atoms with E-state index in [1.165, 1.54) is 76.6 Å². The zero-order valence-corrected chi connectivity index (χ0v) is 79.4. The largest absolute Gasteiger partial charge is 0.497 e. The minimum Gasteiger partial charge on any atom is -0.497 e. The summed E-state index contributed by atoms with van der Waals surface area (Å²) < 4.78 is 14.9. The molecule has 1 aliphatic carbocycles. The molecule has 35 nitrogen and oxygen atoms in total. The lowest BCUT2D eigenvalue weighted by molar-refractivity contribution is -0.868. The third-order valence-electron chi connectivity index (χ3n) is 24.0. The monoisotopic (exact) mass is 1880 g/mol. The predicted octanol–water partition coefficient (Wildman–Crippen LogP) is 17.8. The Balaban J connectivity index is 0.000000121. The van der Waals surface area contributed by atoms with Gasteiger partial charge in [-0.15, -0.1) is 25.5 Å². The van der Waals surface area contributed by atoms with Crippen LogP contribution in [0.25, 0.3) is 28.4 Å². The Kier molecular flexibility index (Phi) is 32.6. The van der Waals surface area contributed by atoms with E-state index in [0.29, 0.717) is 60.1 Å². The molecule has 4 aliphatic rings. The van der Waals surface area contributed by atoms with Crippen molar-refractivity contribution in [2.24, 2.45) is 5.92 Å². The Morgan fingerprint density at radius 3 is 1.17 bits per heavy atom. The van der Waals surface area contributed by atoms with E-state index >= 15 is 0 Å². The van der Waals surface area contributed by atoms with Crippen molar-refractivity contribution in [3.05, 3.63) is 341 Å². The Morgan fingerprint density at radius 2 is 0.757 bits per heavy atom. The molecule has 0 amide bonds. The molecular weight excluding hydrogens is 1760 g/mol. The number of hydrogen-bond acceptors (Lipinski definition) is 29. The first kappa shape index (κ1) is 95.4. The Morgan fingerprint density at radius 1 is 0.379 bits per heavy atom. The third-order valence-corrected chi connectivity index (χ3v) is 24.0. The highest BCUT2D eigenvalue weighted by atomic mass is 16.5. The van der Waals surface area contributed by atoms with Crippen LogP contribution in [0.2, 0.25) is 0 Å². The van der Waals surface area contributed by atoms with Crippen molar-refractivity contribution in [2.45, 2.75) is 82.5 Å². The Labute approximate surface area is 815 Å². The number of nitrogens with one attached hydrogen (secondary N) is 9. The third kappa shape index (κ3) is 28.0. The van der Waals surface area contributed by atoms with Crippen LogP contribution in [0.5, 0.6) is 5.75 Å². The molecule has 4 fully saturated rings. The second-order valence-corrected chi connectivity index (χ2v) is 35.3. The molecule has 4 atom stereocenters. The molecule has 21 rings (SSSR count). The molecule has 3 unspecified atom stereocenters. The normalized spacial score (nSPS) is 14.9. The Bertz CT molecular complexity index is 6600. The number of rotatable bonds is 35. The van der Waals surface area contributed by atoms with E-state index in [9.17, 15) is 5.11 Å². The van der Waals surface area contributed by atoms with Gasteiger partial charge in [0.1, 0.15) is 66.5 Å². The lowest BCUT2D eigenvalue weighted by atomic mass is 10.0. The SMILES string of the molecule is CCN1CCCC1CNc1cc(-n2cnc(Nc3ccccc3)n2)ccn1.COc1ccc(C(Nc2cc(-n3cnc(Nc4ccccc4)n3)ccn2)C2CC2)cc1.C[N+](C)(C)CCNc1cc(-n2cnc(Nc3ccccc3)n2)ccn1.OC(CNc1cc(-n2cnc(Nc3ccccc3)n2)ccn1)c1ccccc1.c1ccc(Nc2ncn(-c3ccnc(N4CCC[C@H]4CN4CCCC4)c3)n2)cc1. The van der Waals surface area contributed by atoms with Crippen LogP contribution in [0.3, 0.4) is 0 Å². The van der Waals surface area contributed by atoms with E-state index in [4.69, 9.17) is 4.74 Å². The van der Waals surface area contributed by atoms with Gasteiger partial charge in [0.05, 0.1) is 81.9 Å². The fourth-order valence-electron chi connectivity index (χ4n) is 16.5. The standard InChI is InChI=1S/C24H24N6O.C22H27N7.C21H20N6O.C20H25N7.C18H24N7/c1-31-21-11-9-18(10-12-21)23(17-7-8-17)28-22-15-20(13-14-25-22)30-16-26-24(29-30)27-19-5-3-2-4-6-19;1-2-7-18(8-3-1)25-22-24-17-29(26-22)19-10-11-23-21(15-19)28-14-6-9-20(28)16-27-12-4-5-13-27;28-19(16-7-3-1-4-8-16)14-23-20-13-18(11-12-22-20)27-15-24-21(26-27)25-17-9-5-2-6-10-17;1-2-26-12-6-9-18(26)14-22-19-13-17(10-11-21-19)27-15-23-20(25-27)24-16-7-4-3-5-8-16;1-25(2,3)12-11-20-17-13-16(9-10-19-17)24-14-21-18(23-24)22-15-7-5-4-6-8-15/h2-6,9-17,23H,7-8H2,1H3,(H,25,28)(H,27,29);1-3,7-8,10-11,15,17,20H,4-6,9,12-14,16H2,(H,25,26);1-13,15,19,28H,14H2,(H,22,23)(H,25,26);3-5,7-8,10-11,13,15,18H,2,6,9,12,14H2,1H3,(H,21,22)(H,24,25);4-10,13-14H,11-12H2,1-3H3,(H,19,20)(H,22,23)/q;;;;+1/t;20-;;;/m.0.../s1. The van der Waals surface area contributed by atoms with Gasteiger partial charge in [-0.05, 0) is 198 Å². The summed E-state index contributed by atoms with van der Waals surface area (Å²) in [4.78, 5) is 51.6. The van der Waals surface area contributed by atoms with Crippen LogP contribution >= 0.6 is 0 Å². The lowest BCUT2D eigenvalue weighted by Crippen LogP contribution is -2.39. The molecule has 7 aromatic carbocycles. The minimum atomic E-state index is -0.611. The maximum Gasteiger partial charge on any atom is 0.246 e. The zero-order valence-electron chi connectivity index (χ0n) is 79.4. The number of methoxy groups -OCH3 is 1. The second-order valence-electron chi connectivity index (χ2n) is 35.3. The van der Waals surface area contributed by atoms with Crippen LogP contribution in [0.15, 0.2) is 330 Å². The number of pyridine rings is 5. The van der Waals surface area contributed by atoms with Gasteiger partial charge in [-0.1, -0.05) is 140 Å². The number of aliphatic hydroxyl groups is 1. The molecule has 0 spiro atoms. The van der Waals surface area contributed by atoms with E-state index in [0.717, 1.165) is 135 Å². The number of para-hydroxylation sites is 5. The second kappa shape index (κ2) is 47.9. The quantitative estimate of drug-likeness (QED) is 0.0165. The number of likely N-dealkylation sites (tertiary alicyclic amines) is 2. The fraction of sp³-hybridized carbons (Fsp3) is 0.267. The maximum absolute atomic E-state index is 10.3. The van der Waals surface area contributed by atoms with Crippen molar-refractivity contribution < 1.29 is 14.3 Å². The highest BCUT2D eigenvalue weighted by Gasteiger charge is 2.34. The fourth-order valence-corrected chi connectivity index (χ4v) is 16.5. The summed E-state index contributed by atoms with van der Waals surface area (Å²) in [5, 5.41) is 62.5. The number of ether oxygens (including phenoxy) is 1. The van der Waals surface area contributed by atoms with E-state index < -0.39 is 6.10 Å². The highest BCUT2D eigenvalue weighted by Crippen LogP contribution is 2.43. The van der Waals surface area contributed by atoms with Crippen LogP contribution in [0, 0.1) is 5.92 Å². The maximum atomic E-state index is 10.3. The van der Waals surface area contributed by atoms with Crippen molar-refractivity contribution in [3.63, 3.8) is 0 Å². The number of benzene rings is 7. The molecule has 17 aromatic rings. The van der Waals surface area contributed by atoms with Crippen molar-refractivity contribution in [1.29, 1.82) is 0 Å². The molecule has 10 aromatic heterocycles. The molecule has 1 saturated carbocycles. The van der Waals surface area contributed by atoms with Gasteiger partial charge in [0.15, 0.2) is 0 Å². The van der Waals surface area contributed by atoms with E-state index in [-0.39, 0.29) is 6.04 Å². The minimum absolute atomic E-state index is 0.222. The van der Waals surface area contributed by atoms with Crippen LogP contribution in [0.1, 0.15) is 81.6 Å². The van der Waals surface area contributed by atoms with Gasteiger partial charge < -0.3 is 72.0 Å². The first-order chi connectivity index (χ1) is 68.7. The Hall–Kier alpha value is -16.4. The van der Waals surface area contributed by atoms with Crippen LogP contribution < -0.4 is 57.5 Å². The summed E-state index contributed by atoms with van der Waals surface area (Å²) in [5.74, 6) is 8.46. The number of nitrogens with zero attached hydrogens (tertiary/aromatic N) is 24. The van der Waals surface area contributed by atoms with Gasteiger partial charge in [0.25, 0.3) is 0 Å². The molecule has 35 heteroatoms. The summed E-state index contributed by atoms with van der Waals surface area (Å²) in [7, 11) is 8.19. The summed E-state index contributed by atoms with van der Waals surface area (Å²) in [6.07, 6.45) is 27.0. The zero-order chi connectivity index (χ0) is 95.9. The molecule has 716 valence electrons. The predicted molar refractivity (Wildman–Crippen MR) is 553 cm³/mol. The van der Waals surface area contributed by atoms with E-state index in [1.54, 1.807) is 82.3 Å². The van der Waals surface area contributed by atoms with Crippen molar-refractivity contribution >= 4 is 87.3 Å². The van der Waals surface area contributed by atoms with E-state index in [1.807, 2.05) is 260 Å². The molecule has 10 N–H and O–H groups in total. The van der Waals surface area contributed by atoms with Gasteiger partial charge >= 0.3 is 0 Å². The average Bonchev–Trinajstić information content (AvgIpc) is 1.66. The molecule has 3 saturated heterocycles. The lowest BCUT2D eigenvalue weighted by Gasteiger charge is -2.29. The van der Waals surface area contributed by atoms with Crippen LogP contribution in [0.4, 0.5) is 87.3 Å². The molecule has 13 heterocycles. The first-order valence-electron chi connectivity index (χ1n) is 47.6. The van der Waals surface area contributed by atoms with Crippen LogP contribution in [-0.2, 0) is 0 Å². The number of anilines is 15. The summed E-state index contributed by atoms with van der Waals surface area (Å²) >= 11 is 0. The molecule has 0 radical (unpaired) electrons. The molecule has 140 heavy (non-hydrogen) atoms. The number of hydrogen-bond donors (Lipinski definition) is 10. The van der Waals surface area contributed by atoms with Crippen LogP contribution in [-0.4, -0.2) is 224 Å². The van der Waals surface area contributed by atoms with Gasteiger partial charge in [0, 0.05) is 128 Å². The molecule has 3 aliphatic heterocycles. The summed E-state index contributed by atoms with van der Waals surface area (Å²) in [6.45, 7) is 12.4. The van der Waals surface area contributed by atoms with Crippen molar-refractivity contribution in [3.8, 4) is 34.2 Å². The number of quaternary nitrogens is 1. The first-order valence-corrected chi connectivity index (χ1v) is 47.6. The highest BCUT2D eigenvalue weighted by molar-refractivity contribution is 5.59. The van der Waals surface area contributed by atoms with Gasteiger partial charge in [-0.2, -0.15) is 24.9 Å². The van der Waals surface area contributed by atoms with Crippen molar-refractivity contribution in [1.82, 2.24) is 109 Å². The topological polar surface area (TPSA) is 365 Å². The number of likely N-dealkylation sites (N-methyl/N-ethyl adjacent to an activating group) is 2. The average molecular weight is 1880 g/mol. The van der Waals surface area contributed by atoms with E-state index in [2.05, 4.69) is 184 Å². The van der Waals surface area contributed by atoms with Gasteiger partial charge in [-0.3, -0.25) is 4.90 Å². The molecular formula is C105H120N33O2+. The van der Waals surface area contributed by atoms with Crippen molar-refractivity contribution in [2.75, 3.05) is 146 Å². The van der Waals surface area contributed by atoms with Gasteiger partial charge in [0.2, 0.25) is 29.7 Å². The molecule has 0 bridgehead atoms. The number of aliphatic hydroxyl groups excluding tert-OH is 1.